The number of pyridine rings is 1. The Bertz CT molecular complexity index is 438. The number of nitrogens with zero attached hydrogens (tertiary/aromatic N) is 1. The summed E-state index contributed by atoms with van der Waals surface area (Å²) in [7, 11) is 0. The van der Waals surface area contributed by atoms with E-state index in [2.05, 4.69) is 61.3 Å². The fraction of sp³-hybridized carbons (Fsp3) is 0.538. The van der Waals surface area contributed by atoms with Gasteiger partial charge in [0.1, 0.15) is 0 Å². The zero-order valence-electron chi connectivity index (χ0n) is 11.3. The summed E-state index contributed by atoms with van der Waals surface area (Å²) >= 11 is 6.81. The molecule has 1 aromatic heterocycles. The number of aromatic nitrogens is 1. The maximum atomic E-state index is 11.8. The van der Waals surface area contributed by atoms with E-state index in [0.717, 1.165) is 14.6 Å². The standard InChI is InChI=1S/C13H19Br2N3O/c1-8(2)5-18-13(19)9(3)16-7-12-11(15)4-10(14)6-17-12/h4,6,8-9,16H,5,7H2,1-3H3,(H,18,19). The second-order valence-corrected chi connectivity index (χ2v) is 6.59. The summed E-state index contributed by atoms with van der Waals surface area (Å²) in [5.74, 6) is 0.473. The van der Waals surface area contributed by atoms with E-state index in [1.54, 1.807) is 6.20 Å². The highest BCUT2D eigenvalue weighted by Crippen LogP contribution is 2.19. The lowest BCUT2D eigenvalue weighted by Gasteiger charge is -2.15. The smallest absolute Gasteiger partial charge is 0.236 e. The number of hydrogen-bond donors (Lipinski definition) is 2. The van der Waals surface area contributed by atoms with Gasteiger partial charge in [-0.3, -0.25) is 9.78 Å². The molecule has 4 nitrogen and oxygen atoms in total. The third kappa shape index (κ3) is 6.01. The van der Waals surface area contributed by atoms with E-state index in [0.29, 0.717) is 19.0 Å². The molecule has 0 saturated heterocycles. The molecule has 1 rings (SSSR count). The maximum absolute atomic E-state index is 11.8. The fourth-order valence-electron chi connectivity index (χ4n) is 1.37. The molecule has 0 spiro atoms. The molecule has 2 N–H and O–H groups in total. The van der Waals surface area contributed by atoms with E-state index in [1.807, 2.05) is 13.0 Å². The van der Waals surface area contributed by atoms with Gasteiger partial charge in [-0.1, -0.05) is 13.8 Å². The summed E-state index contributed by atoms with van der Waals surface area (Å²) in [6.07, 6.45) is 1.74. The van der Waals surface area contributed by atoms with Crippen LogP contribution >= 0.6 is 31.9 Å². The van der Waals surface area contributed by atoms with E-state index in [9.17, 15) is 4.79 Å². The van der Waals surface area contributed by atoms with Gasteiger partial charge >= 0.3 is 0 Å². The predicted molar refractivity (Wildman–Crippen MR) is 83.8 cm³/mol. The Kier molecular flexibility index (Phi) is 6.96. The molecule has 1 heterocycles. The van der Waals surface area contributed by atoms with Gasteiger partial charge in [-0.15, -0.1) is 0 Å². The van der Waals surface area contributed by atoms with Crippen molar-refractivity contribution in [3.05, 3.63) is 26.9 Å². The van der Waals surface area contributed by atoms with Crippen molar-refractivity contribution in [1.82, 2.24) is 15.6 Å². The Morgan fingerprint density at radius 3 is 2.63 bits per heavy atom. The number of amides is 1. The lowest BCUT2D eigenvalue weighted by Crippen LogP contribution is -2.43. The molecule has 0 aliphatic carbocycles. The molecule has 1 atom stereocenters. The molecule has 0 aliphatic heterocycles. The zero-order valence-corrected chi connectivity index (χ0v) is 14.5. The van der Waals surface area contributed by atoms with Crippen LogP contribution in [-0.4, -0.2) is 23.5 Å². The second kappa shape index (κ2) is 7.97. The quantitative estimate of drug-likeness (QED) is 0.782. The van der Waals surface area contributed by atoms with Crippen LogP contribution in [0.5, 0.6) is 0 Å². The molecular weight excluding hydrogens is 374 g/mol. The van der Waals surface area contributed by atoms with Crippen molar-refractivity contribution in [2.75, 3.05) is 6.54 Å². The van der Waals surface area contributed by atoms with Crippen molar-refractivity contribution in [2.45, 2.75) is 33.4 Å². The first-order valence-electron chi connectivity index (χ1n) is 6.21. The van der Waals surface area contributed by atoms with Gasteiger partial charge in [0.15, 0.2) is 0 Å². The Morgan fingerprint density at radius 2 is 2.05 bits per heavy atom. The van der Waals surface area contributed by atoms with Gasteiger partial charge in [0.25, 0.3) is 0 Å². The lowest BCUT2D eigenvalue weighted by atomic mass is 10.2. The van der Waals surface area contributed by atoms with Gasteiger partial charge in [-0.05, 0) is 50.8 Å². The summed E-state index contributed by atoms with van der Waals surface area (Å²) in [6, 6.07) is 1.70. The Morgan fingerprint density at radius 1 is 1.37 bits per heavy atom. The van der Waals surface area contributed by atoms with Crippen molar-refractivity contribution >= 4 is 37.8 Å². The third-order valence-corrected chi connectivity index (χ3v) is 3.66. The normalized spacial score (nSPS) is 12.5. The van der Waals surface area contributed by atoms with Gasteiger partial charge < -0.3 is 10.6 Å². The van der Waals surface area contributed by atoms with Crippen LogP contribution in [0.1, 0.15) is 26.5 Å². The second-order valence-electron chi connectivity index (χ2n) is 4.82. The van der Waals surface area contributed by atoms with E-state index in [4.69, 9.17) is 0 Å². The number of rotatable bonds is 6. The highest BCUT2D eigenvalue weighted by Gasteiger charge is 2.13. The predicted octanol–water partition coefficient (Wildman–Crippen LogP) is 2.86. The molecule has 1 aromatic rings. The van der Waals surface area contributed by atoms with Crippen molar-refractivity contribution < 1.29 is 4.79 Å². The van der Waals surface area contributed by atoms with Crippen LogP contribution in [0.2, 0.25) is 0 Å². The summed E-state index contributed by atoms with van der Waals surface area (Å²) in [5.41, 5.74) is 0.881. The number of halogens is 2. The number of hydrogen-bond acceptors (Lipinski definition) is 3. The van der Waals surface area contributed by atoms with Gasteiger partial charge in [-0.25, -0.2) is 0 Å². The molecule has 0 radical (unpaired) electrons. The first kappa shape index (κ1) is 16.6. The fourth-order valence-corrected chi connectivity index (χ4v) is 2.50. The van der Waals surface area contributed by atoms with Gasteiger partial charge in [-0.2, -0.15) is 0 Å². The molecule has 0 saturated carbocycles. The SMILES string of the molecule is CC(C)CNC(=O)C(C)NCc1ncc(Br)cc1Br. The van der Waals surface area contributed by atoms with E-state index in [-0.39, 0.29) is 11.9 Å². The molecular formula is C13H19Br2N3O. The van der Waals surface area contributed by atoms with Gasteiger partial charge in [0.05, 0.1) is 11.7 Å². The zero-order chi connectivity index (χ0) is 14.4. The Labute approximate surface area is 131 Å². The molecule has 0 aliphatic rings. The molecule has 0 aromatic carbocycles. The van der Waals surface area contributed by atoms with E-state index >= 15 is 0 Å². The molecule has 19 heavy (non-hydrogen) atoms. The third-order valence-electron chi connectivity index (χ3n) is 2.54. The number of nitrogens with one attached hydrogen (secondary N) is 2. The van der Waals surface area contributed by atoms with Crippen molar-refractivity contribution in [1.29, 1.82) is 0 Å². The van der Waals surface area contributed by atoms with Crippen LogP contribution in [-0.2, 0) is 11.3 Å². The summed E-state index contributed by atoms with van der Waals surface area (Å²) < 4.78 is 1.84. The van der Waals surface area contributed by atoms with Crippen LogP contribution in [0.3, 0.4) is 0 Å². The van der Waals surface area contributed by atoms with Gasteiger partial charge in [0.2, 0.25) is 5.91 Å². The minimum atomic E-state index is -0.240. The largest absolute Gasteiger partial charge is 0.354 e. The molecule has 1 amide bonds. The monoisotopic (exact) mass is 391 g/mol. The van der Waals surface area contributed by atoms with Crippen LogP contribution in [0.4, 0.5) is 0 Å². The Hall–Kier alpha value is -0.460. The highest BCUT2D eigenvalue weighted by atomic mass is 79.9. The first-order valence-corrected chi connectivity index (χ1v) is 7.79. The summed E-state index contributed by atoms with van der Waals surface area (Å²) in [5, 5.41) is 6.06. The number of carbonyl (C=O) groups is 1. The highest BCUT2D eigenvalue weighted by molar-refractivity contribution is 9.11. The van der Waals surface area contributed by atoms with Gasteiger partial charge in [0, 0.05) is 28.2 Å². The van der Waals surface area contributed by atoms with E-state index < -0.39 is 0 Å². The van der Waals surface area contributed by atoms with Crippen molar-refractivity contribution in [3.8, 4) is 0 Å². The maximum Gasteiger partial charge on any atom is 0.236 e. The molecule has 1 unspecified atom stereocenters. The van der Waals surface area contributed by atoms with Crippen molar-refractivity contribution in [2.24, 2.45) is 5.92 Å². The summed E-state index contributed by atoms with van der Waals surface area (Å²) in [6.45, 7) is 7.24. The number of carbonyl (C=O) groups excluding carboxylic acids is 1. The van der Waals surface area contributed by atoms with Crippen LogP contribution < -0.4 is 10.6 Å². The first-order chi connectivity index (χ1) is 8.90. The molecule has 0 bridgehead atoms. The van der Waals surface area contributed by atoms with Crippen LogP contribution in [0.25, 0.3) is 0 Å². The molecule has 6 heteroatoms. The Balaban J connectivity index is 2.45. The average Bonchev–Trinajstić information content (AvgIpc) is 2.34. The van der Waals surface area contributed by atoms with E-state index in [1.165, 1.54) is 0 Å². The topological polar surface area (TPSA) is 54.0 Å². The molecule has 0 fully saturated rings. The lowest BCUT2D eigenvalue weighted by molar-refractivity contribution is -0.122. The van der Waals surface area contributed by atoms with Crippen molar-refractivity contribution in [3.63, 3.8) is 0 Å². The van der Waals surface area contributed by atoms with Crippen LogP contribution in [0, 0.1) is 5.92 Å². The minimum absolute atomic E-state index is 0.0157. The minimum Gasteiger partial charge on any atom is -0.354 e. The molecule has 106 valence electrons. The summed E-state index contributed by atoms with van der Waals surface area (Å²) in [4.78, 5) is 16.1. The average molecular weight is 393 g/mol. The van der Waals surface area contributed by atoms with Crippen LogP contribution in [0.15, 0.2) is 21.2 Å².